The third kappa shape index (κ3) is 4.98. The molecule has 0 bridgehead atoms. The Morgan fingerprint density at radius 1 is 1.07 bits per heavy atom. The van der Waals surface area contributed by atoms with Gasteiger partial charge in [0.05, 0.1) is 0 Å². The molecule has 0 rings (SSSR count). The van der Waals surface area contributed by atoms with E-state index in [9.17, 15) is 0 Å². The van der Waals surface area contributed by atoms with Crippen molar-refractivity contribution in [2.24, 2.45) is 0 Å². The zero-order valence-electron chi connectivity index (χ0n) is 11.5. The fraction of sp³-hybridized carbons (Fsp3) is 1.00. The van der Waals surface area contributed by atoms with Crippen molar-refractivity contribution in [1.29, 1.82) is 0 Å². The van der Waals surface area contributed by atoms with Crippen LogP contribution in [0.5, 0.6) is 0 Å². The lowest BCUT2D eigenvalue weighted by molar-refractivity contribution is 0.146. The monoisotopic (exact) mass is 214 g/mol. The summed E-state index contributed by atoms with van der Waals surface area (Å²) in [4.78, 5) is 2.52. The van der Waals surface area contributed by atoms with Crippen LogP contribution in [0.2, 0.25) is 0 Å². The van der Waals surface area contributed by atoms with Gasteiger partial charge in [-0.3, -0.25) is 4.90 Å². The van der Waals surface area contributed by atoms with Crippen LogP contribution >= 0.6 is 0 Å². The van der Waals surface area contributed by atoms with Crippen LogP contribution in [0.1, 0.15) is 53.9 Å². The second-order valence-corrected chi connectivity index (χ2v) is 4.62. The lowest BCUT2D eigenvalue weighted by atomic mass is 10.0. The summed E-state index contributed by atoms with van der Waals surface area (Å²) in [6, 6.07) is 1.92. The number of nitrogens with zero attached hydrogens (tertiary/aromatic N) is 1. The molecule has 2 atom stereocenters. The Morgan fingerprint density at radius 3 is 2.00 bits per heavy atom. The Hall–Kier alpha value is -0.0800. The molecule has 0 radical (unpaired) electrons. The minimum atomic E-state index is 0.579. The average Bonchev–Trinajstić information content (AvgIpc) is 2.26. The highest BCUT2D eigenvalue weighted by Crippen LogP contribution is 2.12. The largest absolute Gasteiger partial charge is 0.313 e. The zero-order chi connectivity index (χ0) is 11.8. The summed E-state index contributed by atoms with van der Waals surface area (Å²) < 4.78 is 0. The first-order valence-corrected chi connectivity index (χ1v) is 6.53. The summed E-state index contributed by atoms with van der Waals surface area (Å²) in [6.45, 7) is 12.5. The number of hydrogen-bond donors (Lipinski definition) is 1. The van der Waals surface area contributed by atoms with Crippen LogP contribution < -0.4 is 5.32 Å². The minimum absolute atomic E-state index is 0.579. The van der Waals surface area contributed by atoms with E-state index in [1.807, 2.05) is 0 Å². The van der Waals surface area contributed by atoms with E-state index in [2.05, 4.69) is 51.9 Å². The maximum absolute atomic E-state index is 3.57. The maximum Gasteiger partial charge on any atom is 0.0218 e. The zero-order valence-corrected chi connectivity index (χ0v) is 11.5. The van der Waals surface area contributed by atoms with E-state index in [0.29, 0.717) is 12.1 Å². The Morgan fingerprint density at radius 2 is 1.60 bits per heavy atom. The number of nitrogens with one attached hydrogen (secondary N) is 1. The van der Waals surface area contributed by atoms with E-state index in [4.69, 9.17) is 0 Å². The molecule has 0 aliphatic carbocycles. The number of rotatable bonds is 8. The third-order valence-corrected chi connectivity index (χ3v) is 3.60. The van der Waals surface area contributed by atoms with Gasteiger partial charge in [-0.1, -0.05) is 20.8 Å². The van der Waals surface area contributed by atoms with Gasteiger partial charge in [0, 0.05) is 18.1 Å². The van der Waals surface area contributed by atoms with E-state index >= 15 is 0 Å². The quantitative estimate of drug-likeness (QED) is 0.668. The van der Waals surface area contributed by atoms with E-state index in [0.717, 1.165) is 12.6 Å². The molecule has 0 amide bonds. The fourth-order valence-electron chi connectivity index (χ4n) is 2.09. The molecule has 2 nitrogen and oxygen atoms in total. The molecule has 0 aromatic carbocycles. The molecule has 15 heavy (non-hydrogen) atoms. The minimum Gasteiger partial charge on any atom is -0.313 e. The van der Waals surface area contributed by atoms with Gasteiger partial charge in [-0.25, -0.2) is 0 Å². The summed E-state index contributed by atoms with van der Waals surface area (Å²) in [5.41, 5.74) is 0. The highest BCUT2D eigenvalue weighted by molar-refractivity contribution is 4.79. The van der Waals surface area contributed by atoms with Crippen molar-refractivity contribution in [2.45, 2.75) is 72.0 Å². The summed E-state index contributed by atoms with van der Waals surface area (Å²) in [5, 5.41) is 3.57. The fourth-order valence-corrected chi connectivity index (χ4v) is 2.09. The molecule has 2 heteroatoms. The predicted octanol–water partition coefficient (Wildman–Crippen LogP) is 2.88. The molecule has 92 valence electrons. The highest BCUT2D eigenvalue weighted by Gasteiger charge is 2.20. The third-order valence-electron chi connectivity index (χ3n) is 3.60. The molecule has 2 unspecified atom stereocenters. The average molecular weight is 214 g/mol. The van der Waals surface area contributed by atoms with Gasteiger partial charge in [-0.2, -0.15) is 0 Å². The molecule has 0 aromatic heterocycles. The molecule has 0 fully saturated rings. The van der Waals surface area contributed by atoms with Gasteiger partial charge in [0.25, 0.3) is 0 Å². The predicted molar refractivity (Wildman–Crippen MR) is 69.4 cm³/mol. The van der Waals surface area contributed by atoms with Crippen molar-refractivity contribution in [2.75, 3.05) is 13.6 Å². The van der Waals surface area contributed by atoms with Gasteiger partial charge in [0.15, 0.2) is 0 Å². The lowest BCUT2D eigenvalue weighted by Gasteiger charge is -2.36. The maximum atomic E-state index is 3.57. The molecule has 0 saturated heterocycles. The number of hydrogen-bond acceptors (Lipinski definition) is 2. The Bertz CT molecular complexity index is 143. The number of likely N-dealkylation sites (N-methyl/N-ethyl adjacent to an activating group) is 1. The van der Waals surface area contributed by atoms with Gasteiger partial charge in [0.2, 0.25) is 0 Å². The van der Waals surface area contributed by atoms with Crippen molar-refractivity contribution >= 4 is 0 Å². The molecular weight excluding hydrogens is 184 g/mol. The van der Waals surface area contributed by atoms with Crippen LogP contribution in [0, 0.1) is 0 Å². The highest BCUT2D eigenvalue weighted by atomic mass is 15.2. The second kappa shape index (κ2) is 8.12. The van der Waals surface area contributed by atoms with Crippen LogP contribution in [0.15, 0.2) is 0 Å². The van der Waals surface area contributed by atoms with Crippen LogP contribution in [0.25, 0.3) is 0 Å². The van der Waals surface area contributed by atoms with Crippen LogP contribution in [-0.4, -0.2) is 36.6 Å². The lowest BCUT2D eigenvalue weighted by Crippen LogP contribution is -2.49. The molecule has 1 N–H and O–H groups in total. The molecule has 0 aliphatic heterocycles. The molecule has 0 heterocycles. The summed E-state index contributed by atoms with van der Waals surface area (Å²) in [6.07, 6.45) is 3.71. The first-order chi connectivity index (χ1) is 7.08. The summed E-state index contributed by atoms with van der Waals surface area (Å²) in [7, 11) is 2.26. The standard InChI is InChI=1S/C13H30N2/c1-7-10-14-11(4)12(5)15(6)13(8-2)9-3/h11-14H,7-10H2,1-6H3. The van der Waals surface area contributed by atoms with Gasteiger partial charge >= 0.3 is 0 Å². The molecule has 0 saturated carbocycles. The van der Waals surface area contributed by atoms with Crippen molar-refractivity contribution in [3.8, 4) is 0 Å². The van der Waals surface area contributed by atoms with Crippen molar-refractivity contribution < 1.29 is 0 Å². The first kappa shape index (κ1) is 14.9. The van der Waals surface area contributed by atoms with E-state index in [-0.39, 0.29) is 0 Å². The van der Waals surface area contributed by atoms with E-state index < -0.39 is 0 Å². The van der Waals surface area contributed by atoms with Crippen LogP contribution in [0.4, 0.5) is 0 Å². The van der Waals surface area contributed by atoms with E-state index in [1.165, 1.54) is 19.3 Å². The van der Waals surface area contributed by atoms with Crippen molar-refractivity contribution in [1.82, 2.24) is 10.2 Å². The Labute approximate surface area is 96.4 Å². The second-order valence-electron chi connectivity index (χ2n) is 4.62. The van der Waals surface area contributed by atoms with E-state index in [1.54, 1.807) is 0 Å². The first-order valence-electron chi connectivity index (χ1n) is 6.53. The molecule has 0 aliphatic rings. The summed E-state index contributed by atoms with van der Waals surface area (Å²) in [5.74, 6) is 0. The van der Waals surface area contributed by atoms with Gasteiger partial charge in [0.1, 0.15) is 0 Å². The normalized spacial score (nSPS) is 16.0. The molecular formula is C13H30N2. The summed E-state index contributed by atoms with van der Waals surface area (Å²) >= 11 is 0. The molecule has 0 aromatic rings. The Balaban J connectivity index is 4.09. The Kier molecular flexibility index (Phi) is 8.07. The van der Waals surface area contributed by atoms with Crippen molar-refractivity contribution in [3.05, 3.63) is 0 Å². The van der Waals surface area contributed by atoms with Gasteiger partial charge in [-0.05, 0) is 46.7 Å². The smallest absolute Gasteiger partial charge is 0.0218 e. The topological polar surface area (TPSA) is 15.3 Å². The van der Waals surface area contributed by atoms with Crippen LogP contribution in [0.3, 0.4) is 0 Å². The SMILES string of the molecule is CCCNC(C)C(C)N(C)C(CC)CC. The van der Waals surface area contributed by atoms with Crippen molar-refractivity contribution in [3.63, 3.8) is 0 Å². The van der Waals surface area contributed by atoms with Gasteiger partial charge in [-0.15, -0.1) is 0 Å². The molecule has 0 spiro atoms. The van der Waals surface area contributed by atoms with Gasteiger partial charge < -0.3 is 5.32 Å². The van der Waals surface area contributed by atoms with Crippen LogP contribution in [-0.2, 0) is 0 Å².